The van der Waals surface area contributed by atoms with Gasteiger partial charge in [0.1, 0.15) is 36.6 Å². The fourth-order valence-electron chi connectivity index (χ4n) is 11.6. The zero-order valence-corrected chi connectivity index (χ0v) is 50.0. The first-order valence-electron chi connectivity index (χ1n) is 28.4. The third-order valence-corrected chi connectivity index (χ3v) is 16.3. The maximum atomic E-state index is 14.2. The van der Waals surface area contributed by atoms with E-state index < -0.39 is 158 Å². The molecule has 4 saturated heterocycles. The summed E-state index contributed by atoms with van der Waals surface area (Å²) in [5.41, 5.74) is 2.41. The molecule has 0 aromatic rings. The zero-order chi connectivity index (χ0) is 60.2. The number of hydrogen-bond donors (Lipinski definition) is 7. The minimum Gasteiger partial charge on any atom is -0.457 e. The Morgan fingerprint density at radius 3 is 2.04 bits per heavy atom. The minimum atomic E-state index is -2.54. The summed E-state index contributed by atoms with van der Waals surface area (Å²) in [6.45, 7) is 18.7. The van der Waals surface area contributed by atoms with Gasteiger partial charge in [0.2, 0.25) is 5.79 Å². The smallest absolute Gasteiger partial charge is 0.334 e. The first kappa shape index (κ1) is 68.7. The van der Waals surface area contributed by atoms with E-state index in [1.807, 2.05) is 51.2 Å². The molecule has 5 aliphatic rings. The van der Waals surface area contributed by atoms with Gasteiger partial charge in [-0.3, -0.25) is 4.79 Å². The van der Waals surface area contributed by atoms with Crippen molar-refractivity contribution in [3.8, 4) is 0 Å². The van der Waals surface area contributed by atoms with Gasteiger partial charge in [-0.1, -0.05) is 67.9 Å². The zero-order valence-electron chi connectivity index (χ0n) is 50.0. The Morgan fingerprint density at radius 1 is 0.741 bits per heavy atom. The Balaban J connectivity index is 1.37. The first-order chi connectivity index (χ1) is 38.2. The molecular formula is C59H96O22. The second-order valence-corrected chi connectivity index (χ2v) is 22.9. The third-order valence-electron chi connectivity index (χ3n) is 16.3. The third kappa shape index (κ3) is 18.2. The van der Waals surface area contributed by atoms with Crippen LogP contribution in [0.25, 0.3) is 0 Å². The van der Waals surface area contributed by atoms with Crippen molar-refractivity contribution in [2.24, 2.45) is 17.8 Å². The van der Waals surface area contributed by atoms with Crippen LogP contribution in [-0.2, 0) is 71.2 Å². The standard InChI is InChI=1S/C59H96O22/c1-29-17-16-18-41(61)45(70-13)26-47(78-57(67)33(5)23-31(3)21-30(2)22-32(4)43(20-19-29)79-58-52(65)55(76-39(11)60)54(72-15)38(10)75-58)56(66)59(68)35(7)50(63)34(6)44(81-59)24-40(28-69-12)77-48-25-42(62)53(37(9)74-48)80-49-27-46(71-14)51(64)36(8)73-49/h17,19-23,32,34-38,40-56,58,61-66,68H,16,18,24-28H2,1-15H3/b20-19+,29-17+,30-22+,31-21+,33-23+/t32-,34+,35-,36-,37+,38+,40-,41-,42+,43-,44-,45+,46-,47+,48+,49+,50+,51-,52+,53+,54+,55+,56-,58+,59-/m1/s1. The second-order valence-electron chi connectivity index (χ2n) is 22.9. The van der Waals surface area contributed by atoms with Gasteiger partial charge in [0, 0.05) is 84.4 Å². The normalized spacial score (nSPS) is 44.8. The monoisotopic (exact) mass is 1160 g/mol. The molecule has 25 atom stereocenters. The fourth-order valence-corrected chi connectivity index (χ4v) is 11.6. The highest BCUT2D eigenvalue weighted by Crippen LogP contribution is 2.43. The minimum absolute atomic E-state index is 0.000156. The van der Waals surface area contributed by atoms with Gasteiger partial charge in [0.15, 0.2) is 25.0 Å². The number of esters is 2. The summed E-state index contributed by atoms with van der Waals surface area (Å²) in [6, 6.07) is 0. The first-order valence-corrected chi connectivity index (χ1v) is 28.4. The maximum absolute atomic E-state index is 14.2. The van der Waals surface area contributed by atoms with Crippen molar-refractivity contribution in [1.29, 1.82) is 0 Å². The van der Waals surface area contributed by atoms with Gasteiger partial charge in [0.25, 0.3) is 0 Å². The number of hydrogen-bond acceptors (Lipinski definition) is 22. The Hall–Kier alpha value is -3.08. The van der Waals surface area contributed by atoms with Crippen molar-refractivity contribution < 1.29 is 107 Å². The molecule has 0 aromatic heterocycles. The van der Waals surface area contributed by atoms with Crippen LogP contribution in [0.4, 0.5) is 0 Å². The van der Waals surface area contributed by atoms with E-state index in [2.05, 4.69) is 0 Å². The molecule has 0 bridgehead atoms. The largest absolute Gasteiger partial charge is 0.457 e. The number of aliphatic hydroxyl groups is 7. The van der Waals surface area contributed by atoms with Gasteiger partial charge >= 0.3 is 11.9 Å². The molecular weight excluding hydrogens is 1060 g/mol. The van der Waals surface area contributed by atoms with Crippen molar-refractivity contribution in [3.63, 3.8) is 0 Å². The van der Waals surface area contributed by atoms with Crippen LogP contribution in [-0.4, -0.2) is 217 Å². The van der Waals surface area contributed by atoms with E-state index >= 15 is 0 Å². The van der Waals surface area contributed by atoms with Crippen LogP contribution < -0.4 is 0 Å². The molecule has 0 amide bonds. The van der Waals surface area contributed by atoms with Gasteiger partial charge in [0.05, 0.1) is 73.8 Å². The predicted molar refractivity (Wildman–Crippen MR) is 293 cm³/mol. The molecule has 4 fully saturated rings. The highest BCUT2D eigenvalue weighted by molar-refractivity contribution is 5.88. The molecule has 0 aromatic carbocycles. The molecule has 0 spiro atoms. The number of methoxy groups -OCH3 is 4. The molecule has 0 saturated carbocycles. The molecule has 5 heterocycles. The van der Waals surface area contributed by atoms with E-state index in [0.717, 1.165) is 11.1 Å². The lowest BCUT2D eigenvalue weighted by molar-refractivity contribution is -0.365. The molecule has 464 valence electrons. The SMILES string of the molecule is COC[C@@H](C[C@H]1O[C@@](O)([C@H](O)[C@@H]2C[C@H](OC)[C@H](O)CC/C=C(C)/C=C/[C@@H](O[C@@H]3O[C@@H](C)[C@H](OC)[C@@H](OC(C)=O)[C@@H]3O)[C@H](C)/C=C(C)/C=C(C)/C=C(\C)C(=O)O2)[C@H](C)[C@@H](O)[C@H]1C)O[C@H]1C[C@H](O)[C@@H](O[C@H]2C[C@@H](OC)[C@H](O)[C@@H](C)O2)[C@H](C)O1. The molecule has 22 nitrogen and oxygen atoms in total. The average Bonchev–Trinajstić information content (AvgIpc) is 3.42. The van der Waals surface area contributed by atoms with E-state index in [-0.39, 0.29) is 50.2 Å². The molecule has 0 aliphatic carbocycles. The summed E-state index contributed by atoms with van der Waals surface area (Å²) in [5, 5.41) is 81.7. The summed E-state index contributed by atoms with van der Waals surface area (Å²) < 4.78 is 77.6. The predicted octanol–water partition coefficient (Wildman–Crippen LogP) is 3.77. The number of rotatable bonds is 16. The topological polar surface area (TPSA) is 296 Å². The Labute approximate surface area is 478 Å². The summed E-state index contributed by atoms with van der Waals surface area (Å²) in [7, 11) is 5.79. The number of cyclic esters (lactones) is 1. The fraction of sp³-hybridized carbons (Fsp3) is 0.797. The number of aliphatic hydroxyl groups excluding tert-OH is 6. The Kier molecular flexibility index (Phi) is 26.6. The van der Waals surface area contributed by atoms with Crippen LogP contribution in [0.3, 0.4) is 0 Å². The van der Waals surface area contributed by atoms with Crippen molar-refractivity contribution in [2.75, 3.05) is 35.0 Å². The van der Waals surface area contributed by atoms with Crippen LogP contribution in [0.2, 0.25) is 0 Å². The average molecular weight is 1160 g/mol. The number of carbonyl (C=O) groups excluding carboxylic acids is 2. The van der Waals surface area contributed by atoms with E-state index in [1.54, 1.807) is 47.6 Å². The molecule has 0 unspecified atom stereocenters. The lowest BCUT2D eigenvalue weighted by atomic mass is 9.76. The molecule has 7 N–H and O–H groups in total. The van der Waals surface area contributed by atoms with Gasteiger partial charge < -0.3 is 97.3 Å². The Bertz CT molecular complexity index is 2140. The van der Waals surface area contributed by atoms with E-state index in [4.69, 9.17) is 61.6 Å². The van der Waals surface area contributed by atoms with Crippen LogP contribution in [0, 0.1) is 17.8 Å². The molecule has 81 heavy (non-hydrogen) atoms. The molecule has 5 aliphatic heterocycles. The number of allylic oxidation sites excluding steroid dienone is 7. The van der Waals surface area contributed by atoms with Gasteiger partial charge in [-0.2, -0.15) is 0 Å². The highest BCUT2D eigenvalue weighted by atomic mass is 16.7. The lowest BCUT2D eigenvalue weighted by Gasteiger charge is -2.51. The summed E-state index contributed by atoms with van der Waals surface area (Å²) in [4.78, 5) is 26.2. The van der Waals surface area contributed by atoms with Crippen molar-refractivity contribution in [1.82, 2.24) is 0 Å². The highest BCUT2D eigenvalue weighted by Gasteiger charge is 2.57. The van der Waals surface area contributed by atoms with Crippen LogP contribution in [0.5, 0.6) is 0 Å². The van der Waals surface area contributed by atoms with Crippen LogP contribution in [0.1, 0.15) is 115 Å². The molecule has 22 heteroatoms. The quantitative estimate of drug-likeness (QED) is 0.108. The van der Waals surface area contributed by atoms with Crippen molar-refractivity contribution >= 4 is 11.9 Å². The number of carbonyl (C=O) groups is 2. The van der Waals surface area contributed by atoms with Crippen LogP contribution >= 0.6 is 0 Å². The van der Waals surface area contributed by atoms with E-state index in [9.17, 15) is 45.3 Å². The number of ether oxygens (including phenoxy) is 13. The maximum Gasteiger partial charge on any atom is 0.334 e. The van der Waals surface area contributed by atoms with Gasteiger partial charge in [-0.25, -0.2) is 4.79 Å². The molecule has 0 radical (unpaired) electrons. The van der Waals surface area contributed by atoms with E-state index in [1.165, 1.54) is 42.3 Å². The van der Waals surface area contributed by atoms with E-state index in [0.29, 0.717) is 12.0 Å². The molecule has 5 rings (SSSR count). The summed E-state index contributed by atoms with van der Waals surface area (Å²) >= 11 is 0. The summed E-state index contributed by atoms with van der Waals surface area (Å²) in [5.74, 6) is -6.09. The van der Waals surface area contributed by atoms with Crippen molar-refractivity contribution in [2.45, 2.75) is 249 Å². The second kappa shape index (κ2) is 31.4. The lowest BCUT2D eigenvalue weighted by Crippen LogP contribution is -2.66. The summed E-state index contributed by atoms with van der Waals surface area (Å²) in [6.07, 6.45) is -9.14. The van der Waals surface area contributed by atoms with Gasteiger partial charge in [-0.05, 0) is 67.4 Å². The van der Waals surface area contributed by atoms with Crippen molar-refractivity contribution in [3.05, 3.63) is 58.7 Å². The van der Waals surface area contributed by atoms with Gasteiger partial charge in [-0.15, -0.1) is 0 Å². The Morgan fingerprint density at radius 2 is 1.41 bits per heavy atom. The van der Waals surface area contributed by atoms with Crippen LogP contribution in [0.15, 0.2) is 58.7 Å².